The summed E-state index contributed by atoms with van der Waals surface area (Å²) in [5.41, 5.74) is 2.56. The van der Waals surface area contributed by atoms with E-state index in [4.69, 9.17) is 15.1 Å². The summed E-state index contributed by atoms with van der Waals surface area (Å²) >= 11 is 0. The Morgan fingerprint density at radius 2 is 1.60 bits per heavy atom. The van der Waals surface area contributed by atoms with Crippen LogP contribution in [0, 0.1) is 23.7 Å². The smallest absolute Gasteiger partial charge is 0.215 e. The molecule has 0 radical (unpaired) electrons. The molecule has 1 aliphatic heterocycles. The zero-order chi connectivity index (χ0) is 30.0. The number of sulfonamides is 1. The van der Waals surface area contributed by atoms with Crippen LogP contribution in [0.15, 0.2) is 60.7 Å². The summed E-state index contributed by atoms with van der Waals surface area (Å²) in [6.45, 7) is 7.85. The monoisotopic (exact) mass is 598 g/mol. The van der Waals surface area contributed by atoms with E-state index in [1.54, 1.807) is 4.31 Å². The third-order valence-corrected chi connectivity index (χ3v) is 12.4. The van der Waals surface area contributed by atoms with Gasteiger partial charge in [-0.1, -0.05) is 62.4 Å². The summed E-state index contributed by atoms with van der Waals surface area (Å²) in [6, 6.07) is 20.1. The number of para-hydroxylation sites is 1. The SMILES string of the molecule is Cc1nn(-c2ccccc2)c2nc(Cc3ccccc3)nc(N3CCN(S(=O)(=O)C[C@]45CC[C@@H](CC4=O)C5(C)C)CC3)c12. The summed E-state index contributed by atoms with van der Waals surface area (Å²) in [5, 5.41) is 5.75. The van der Waals surface area contributed by atoms with Crippen molar-refractivity contribution in [2.45, 2.75) is 46.5 Å². The van der Waals surface area contributed by atoms with Crippen molar-refractivity contribution in [3.63, 3.8) is 0 Å². The normalized spacial score (nSPS) is 23.8. The number of ketones is 1. The van der Waals surface area contributed by atoms with E-state index in [0.29, 0.717) is 51.3 Å². The molecule has 224 valence electrons. The van der Waals surface area contributed by atoms with Crippen molar-refractivity contribution >= 4 is 32.7 Å². The van der Waals surface area contributed by atoms with Gasteiger partial charge in [-0.25, -0.2) is 23.1 Å². The van der Waals surface area contributed by atoms with Crippen LogP contribution in [0.3, 0.4) is 0 Å². The van der Waals surface area contributed by atoms with Crippen LogP contribution in [-0.4, -0.2) is 70.2 Å². The van der Waals surface area contributed by atoms with Crippen molar-refractivity contribution in [1.29, 1.82) is 0 Å². The number of anilines is 1. The number of benzene rings is 2. The molecule has 2 aromatic carbocycles. The number of piperazine rings is 1. The molecule has 2 bridgehead atoms. The van der Waals surface area contributed by atoms with Crippen molar-refractivity contribution in [2.24, 2.45) is 16.7 Å². The lowest BCUT2D eigenvalue weighted by molar-refractivity contribution is -0.128. The third-order valence-electron chi connectivity index (χ3n) is 10.4. The molecule has 4 aromatic rings. The summed E-state index contributed by atoms with van der Waals surface area (Å²) < 4.78 is 31.1. The minimum Gasteiger partial charge on any atom is -0.353 e. The van der Waals surface area contributed by atoms with E-state index < -0.39 is 15.4 Å². The van der Waals surface area contributed by atoms with Crippen LogP contribution in [0.1, 0.15) is 50.2 Å². The number of nitrogens with zero attached hydrogens (tertiary/aromatic N) is 6. The van der Waals surface area contributed by atoms with Gasteiger partial charge in [-0.05, 0) is 48.8 Å². The summed E-state index contributed by atoms with van der Waals surface area (Å²) in [4.78, 5) is 25.3. The van der Waals surface area contributed by atoms with Crippen molar-refractivity contribution in [3.8, 4) is 5.69 Å². The second-order valence-corrected chi connectivity index (χ2v) is 14.9. The van der Waals surface area contributed by atoms with Crippen LogP contribution in [0.4, 0.5) is 5.82 Å². The van der Waals surface area contributed by atoms with E-state index in [-0.39, 0.29) is 22.9 Å². The van der Waals surface area contributed by atoms with Gasteiger partial charge in [0.1, 0.15) is 17.4 Å². The first kappa shape index (κ1) is 28.2. The second-order valence-electron chi connectivity index (χ2n) is 13.0. The zero-order valence-electron chi connectivity index (χ0n) is 25.0. The molecule has 10 heteroatoms. The molecule has 0 unspecified atom stereocenters. The number of rotatable bonds is 7. The topological polar surface area (TPSA) is 101 Å². The maximum Gasteiger partial charge on any atom is 0.215 e. The molecule has 2 saturated carbocycles. The van der Waals surface area contributed by atoms with E-state index in [2.05, 4.69) is 30.9 Å². The van der Waals surface area contributed by atoms with Crippen molar-refractivity contribution in [3.05, 3.63) is 77.7 Å². The Morgan fingerprint density at radius 1 is 0.930 bits per heavy atom. The van der Waals surface area contributed by atoms with Crippen LogP contribution < -0.4 is 4.90 Å². The average Bonchev–Trinajstić information content (AvgIpc) is 3.52. The Morgan fingerprint density at radius 3 is 2.23 bits per heavy atom. The minimum absolute atomic E-state index is 0.0791. The number of aromatic nitrogens is 4. The molecule has 2 aromatic heterocycles. The largest absolute Gasteiger partial charge is 0.353 e. The van der Waals surface area contributed by atoms with Crippen LogP contribution in [-0.2, 0) is 21.2 Å². The van der Waals surface area contributed by atoms with Crippen LogP contribution >= 0.6 is 0 Å². The number of hydrogen-bond acceptors (Lipinski definition) is 7. The Bertz CT molecular complexity index is 1800. The summed E-state index contributed by atoms with van der Waals surface area (Å²) in [6.07, 6.45) is 2.70. The van der Waals surface area contributed by atoms with Crippen molar-refractivity contribution in [2.75, 3.05) is 36.8 Å². The molecular formula is C33H38N6O3S. The highest BCUT2D eigenvalue weighted by molar-refractivity contribution is 7.89. The number of carbonyl (C=O) groups excluding carboxylic acids is 1. The molecule has 3 fully saturated rings. The van der Waals surface area contributed by atoms with Gasteiger partial charge in [-0.3, -0.25) is 4.79 Å². The standard InChI is InChI=1S/C33H38N6O3S/c1-23-29-30(34-28(20-24-10-6-4-7-11-24)35-31(29)39(36-23)26-12-8-5-9-13-26)37-16-18-38(19-17-37)43(41,42)22-33-15-14-25(21-27(33)40)32(33,2)3/h4-13,25H,14-22H2,1-3H3/t25-,33+/m0/s1. The quantitative estimate of drug-likeness (QED) is 0.307. The fraction of sp³-hybridized carbons (Fsp3) is 0.455. The first-order valence-corrected chi connectivity index (χ1v) is 16.8. The zero-order valence-corrected chi connectivity index (χ0v) is 25.8. The van der Waals surface area contributed by atoms with Gasteiger partial charge in [-0.2, -0.15) is 9.40 Å². The van der Waals surface area contributed by atoms with E-state index in [1.165, 1.54) is 0 Å². The van der Waals surface area contributed by atoms with Gasteiger partial charge in [0.05, 0.1) is 22.5 Å². The summed E-state index contributed by atoms with van der Waals surface area (Å²) in [5.74, 6) is 1.83. The highest BCUT2D eigenvalue weighted by Gasteiger charge is 2.65. The van der Waals surface area contributed by atoms with Crippen molar-refractivity contribution in [1.82, 2.24) is 24.1 Å². The molecule has 9 nitrogen and oxygen atoms in total. The number of aryl methyl sites for hydroxylation is 1. The number of hydrogen-bond donors (Lipinski definition) is 0. The molecule has 7 rings (SSSR count). The molecule has 3 aliphatic rings. The van der Waals surface area contributed by atoms with Gasteiger partial charge >= 0.3 is 0 Å². The Hall–Kier alpha value is -3.63. The molecule has 2 atom stereocenters. The summed E-state index contributed by atoms with van der Waals surface area (Å²) in [7, 11) is -3.62. The molecule has 1 saturated heterocycles. The average molecular weight is 599 g/mol. The maximum atomic E-state index is 13.8. The fourth-order valence-electron chi connectivity index (χ4n) is 7.73. The van der Waals surface area contributed by atoms with Gasteiger partial charge in [-0.15, -0.1) is 0 Å². The maximum absolute atomic E-state index is 13.8. The van der Waals surface area contributed by atoms with E-state index in [1.807, 2.05) is 60.1 Å². The highest BCUT2D eigenvalue weighted by atomic mass is 32.2. The fourth-order valence-corrected chi connectivity index (χ4v) is 9.93. The lowest BCUT2D eigenvalue weighted by Gasteiger charge is -2.40. The molecule has 0 N–H and O–H groups in total. The second kappa shape index (κ2) is 10.2. The molecule has 0 amide bonds. The highest BCUT2D eigenvalue weighted by Crippen LogP contribution is 2.64. The van der Waals surface area contributed by atoms with E-state index >= 15 is 0 Å². The number of fused-ring (bicyclic) bond motifs is 3. The predicted octanol–water partition coefficient (Wildman–Crippen LogP) is 4.56. The molecule has 2 aliphatic carbocycles. The van der Waals surface area contributed by atoms with Gasteiger partial charge in [0.15, 0.2) is 5.65 Å². The molecule has 0 spiro atoms. The Balaban J connectivity index is 1.20. The van der Waals surface area contributed by atoms with Crippen LogP contribution in [0.5, 0.6) is 0 Å². The van der Waals surface area contributed by atoms with Crippen LogP contribution in [0.25, 0.3) is 16.7 Å². The first-order chi connectivity index (χ1) is 20.6. The van der Waals surface area contributed by atoms with Gasteiger partial charge in [0.2, 0.25) is 10.0 Å². The van der Waals surface area contributed by atoms with Gasteiger partial charge < -0.3 is 4.90 Å². The van der Waals surface area contributed by atoms with Gasteiger partial charge in [0.25, 0.3) is 0 Å². The molecule has 3 heterocycles. The number of Topliss-reactive ketones (excluding diaryl/α,β-unsaturated/α-hetero) is 1. The predicted molar refractivity (Wildman–Crippen MR) is 167 cm³/mol. The lowest BCUT2D eigenvalue weighted by Crippen LogP contribution is -2.53. The Kier molecular flexibility index (Phi) is 6.70. The Labute approximate surface area is 253 Å². The minimum atomic E-state index is -3.62. The van der Waals surface area contributed by atoms with E-state index in [0.717, 1.165) is 40.2 Å². The van der Waals surface area contributed by atoms with Crippen LogP contribution in [0.2, 0.25) is 0 Å². The molecule has 43 heavy (non-hydrogen) atoms. The lowest BCUT2D eigenvalue weighted by atomic mass is 9.70. The van der Waals surface area contributed by atoms with Gasteiger partial charge in [0, 0.05) is 44.4 Å². The van der Waals surface area contributed by atoms with Crippen molar-refractivity contribution < 1.29 is 13.2 Å². The first-order valence-electron chi connectivity index (χ1n) is 15.2. The number of carbonyl (C=O) groups is 1. The molecular weight excluding hydrogens is 560 g/mol. The van der Waals surface area contributed by atoms with E-state index in [9.17, 15) is 13.2 Å². The third kappa shape index (κ3) is 4.57.